The van der Waals surface area contributed by atoms with E-state index in [-0.39, 0.29) is 5.91 Å². The van der Waals surface area contributed by atoms with Gasteiger partial charge in [-0.3, -0.25) is 9.36 Å². The van der Waals surface area contributed by atoms with E-state index in [1.54, 1.807) is 18.5 Å². The quantitative estimate of drug-likeness (QED) is 0.818. The van der Waals surface area contributed by atoms with Crippen LogP contribution < -0.4 is 0 Å². The van der Waals surface area contributed by atoms with Crippen LogP contribution in [0.1, 0.15) is 24.2 Å². The second-order valence-electron chi connectivity index (χ2n) is 4.38. The molecule has 1 heterocycles. The van der Waals surface area contributed by atoms with Crippen molar-refractivity contribution in [2.75, 3.05) is 0 Å². The van der Waals surface area contributed by atoms with Crippen LogP contribution >= 0.6 is 11.6 Å². The lowest BCUT2D eigenvalue weighted by Gasteiger charge is -2.24. The van der Waals surface area contributed by atoms with Crippen molar-refractivity contribution in [1.82, 2.24) is 9.55 Å². The first kappa shape index (κ1) is 11.9. The van der Waals surface area contributed by atoms with Crippen molar-refractivity contribution in [3.63, 3.8) is 0 Å². The van der Waals surface area contributed by atoms with Gasteiger partial charge in [-0.15, -0.1) is 0 Å². The number of carbonyl (C=O) groups excluding carboxylic acids is 1. The summed E-state index contributed by atoms with van der Waals surface area (Å²) in [5.41, 5.74) is 0.138. The molecule has 0 N–H and O–H groups in total. The molecule has 1 aromatic heterocycles. The highest BCUT2D eigenvalue weighted by atomic mass is 35.5. The summed E-state index contributed by atoms with van der Waals surface area (Å²) in [4.78, 5) is 16.2. The number of hydrogen-bond acceptors (Lipinski definition) is 2. The van der Waals surface area contributed by atoms with Crippen LogP contribution in [0.5, 0.6) is 0 Å². The maximum atomic E-state index is 12.3. The second kappa shape index (κ2) is 4.34. The zero-order valence-corrected chi connectivity index (χ0v) is 10.5. The highest BCUT2D eigenvalue weighted by Crippen LogP contribution is 2.30. The van der Waals surface area contributed by atoms with Crippen LogP contribution in [0.3, 0.4) is 0 Å². The summed E-state index contributed by atoms with van der Waals surface area (Å²) in [5, 5.41) is 0.603. The lowest BCUT2D eigenvalue weighted by atomic mass is 9.83. The molecule has 0 atom stereocenters. The van der Waals surface area contributed by atoms with Gasteiger partial charge < -0.3 is 0 Å². The standard InChI is InChI=1S/C13H13ClN2O/c1-13(2,10-5-3-4-6-11(10)14)12(17)16-8-7-15-9-16/h3-9H,1-2H3. The molecule has 0 spiro atoms. The molecule has 0 radical (unpaired) electrons. The van der Waals surface area contributed by atoms with Gasteiger partial charge in [0.1, 0.15) is 6.33 Å². The zero-order valence-electron chi connectivity index (χ0n) is 9.72. The minimum atomic E-state index is -0.682. The predicted octanol–water partition coefficient (Wildman–Crippen LogP) is 3.15. The first-order valence-corrected chi connectivity index (χ1v) is 5.69. The Morgan fingerprint density at radius 3 is 2.65 bits per heavy atom. The van der Waals surface area contributed by atoms with Gasteiger partial charge in [-0.05, 0) is 25.5 Å². The predicted molar refractivity (Wildman–Crippen MR) is 67.3 cm³/mol. The Balaban J connectivity index is 2.44. The summed E-state index contributed by atoms with van der Waals surface area (Å²) in [7, 11) is 0. The molecule has 0 saturated heterocycles. The second-order valence-corrected chi connectivity index (χ2v) is 4.79. The maximum Gasteiger partial charge on any atom is 0.241 e. The molecule has 0 saturated carbocycles. The van der Waals surface area contributed by atoms with Gasteiger partial charge in [-0.1, -0.05) is 29.8 Å². The van der Waals surface area contributed by atoms with E-state index in [1.165, 1.54) is 10.9 Å². The van der Waals surface area contributed by atoms with Crippen LogP contribution in [0.2, 0.25) is 5.02 Å². The molecule has 0 bridgehead atoms. The van der Waals surface area contributed by atoms with Gasteiger partial charge >= 0.3 is 0 Å². The van der Waals surface area contributed by atoms with Crippen molar-refractivity contribution in [2.24, 2.45) is 0 Å². The fourth-order valence-corrected chi connectivity index (χ4v) is 2.16. The van der Waals surface area contributed by atoms with Crippen molar-refractivity contribution >= 4 is 17.5 Å². The van der Waals surface area contributed by atoms with Crippen molar-refractivity contribution < 1.29 is 4.79 Å². The fourth-order valence-electron chi connectivity index (χ4n) is 1.79. The van der Waals surface area contributed by atoms with Crippen molar-refractivity contribution in [2.45, 2.75) is 19.3 Å². The monoisotopic (exact) mass is 248 g/mol. The molecule has 2 rings (SSSR count). The van der Waals surface area contributed by atoms with Crippen LogP contribution in [-0.2, 0) is 5.41 Å². The van der Waals surface area contributed by atoms with Crippen LogP contribution in [0, 0.1) is 0 Å². The van der Waals surface area contributed by atoms with Crippen molar-refractivity contribution in [1.29, 1.82) is 0 Å². The third-order valence-electron chi connectivity index (χ3n) is 2.82. The van der Waals surface area contributed by atoms with Gasteiger partial charge in [0.05, 0.1) is 5.41 Å². The zero-order chi connectivity index (χ0) is 12.5. The summed E-state index contributed by atoms with van der Waals surface area (Å²) >= 11 is 6.14. The molecular weight excluding hydrogens is 236 g/mol. The summed E-state index contributed by atoms with van der Waals surface area (Å²) < 4.78 is 1.48. The lowest BCUT2D eigenvalue weighted by molar-refractivity contribution is 0.0821. The van der Waals surface area contributed by atoms with Gasteiger partial charge in [-0.25, -0.2) is 4.98 Å². The molecule has 0 aliphatic heterocycles. The fraction of sp³-hybridized carbons (Fsp3) is 0.231. The Kier molecular flexibility index (Phi) is 3.03. The van der Waals surface area contributed by atoms with E-state index in [9.17, 15) is 4.79 Å². The largest absolute Gasteiger partial charge is 0.276 e. The topological polar surface area (TPSA) is 34.9 Å². The van der Waals surface area contributed by atoms with Crippen molar-refractivity contribution in [3.05, 3.63) is 53.6 Å². The molecule has 3 nitrogen and oxygen atoms in total. The first-order valence-electron chi connectivity index (χ1n) is 5.31. The molecule has 4 heteroatoms. The normalized spacial score (nSPS) is 11.5. The van der Waals surface area contributed by atoms with Gasteiger partial charge in [-0.2, -0.15) is 0 Å². The van der Waals surface area contributed by atoms with E-state index in [0.717, 1.165) is 5.56 Å². The summed E-state index contributed by atoms with van der Waals surface area (Å²) in [6.07, 6.45) is 4.72. The highest BCUT2D eigenvalue weighted by molar-refractivity contribution is 6.31. The minimum Gasteiger partial charge on any atom is -0.276 e. The molecule has 1 aromatic carbocycles. The van der Waals surface area contributed by atoms with E-state index < -0.39 is 5.41 Å². The van der Waals surface area contributed by atoms with Gasteiger partial charge in [0.25, 0.3) is 0 Å². The van der Waals surface area contributed by atoms with Gasteiger partial charge in [0.2, 0.25) is 5.91 Å². The molecule has 88 valence electrons. The Labute approximate surface area is 105 Å². The maximum absolute atomic E-state index is 12.3. The van der Waals surface area contributed by atoms with Crippen LogP contribution in [-0.4, -0.2) is 15.5 Å². The first-order chi connectivity index (χ1) is 8.03. The van der Waals surface area contributed by atoms with E-state index in [4.69, 9.17) is 11.6 Å². The average Bonchev–Trinajstić information content (AvgIpc) is 2.81. The third-order valence-corrected chi connectivity index (χ3v) is 3.15. The number of benzene rings is 1. The molecule has 17 heavy (non-hydrogen) atoms. The van der Waals surface area contributed by atoms with Crippen molar-refractivity contribution in [3.8, 4) is 0 Å². The summed E-state index contributed by atoms with van der Waals surface area (Å²) in [5.74, 6) is -0.0527. The number of halogens is 1. The molecule has 0 aliphatic rings. The van der Waals surface area contributed by atoms with Crippen LogP contribution in [0.15, 0.2) is 43.0 Å². The number of aromatic nitrogens is 2. The summed E-state index contributed by atoms with van der Waals surface area (Å²) in [6.45, 7) is 3.72. The number of hydrogen-bond donors (Lipinski definition) is 0. The van der Waals surface area contributed by atoms with E-state index in [1.807, 2.05) is 32.0 Å². The van der Waals surface area contributed by atoms with Gasteiger partial charge in [0, 0.05) is 17.4 Å². The molecule has 0 fully saturated rings. The highest BCUT2D eigenvalue weighted by Gasteiger charge is 2.32. The molecule has 0 amide bonds. The van der Waals surface area contributed by atoms with Crippen LogP contribution in [0.4, 0.5) is 0 Å². The van der Waals surface area contributed by atoms with E-state index in [0.29, 0.717) is 5.02 Å². The Bertz CT molecular complexity index is 532. The lowest BCUT2D eigenvalue weighted by Crippen LogP contribution is -2.33. The smallest absolute Gasteiger partial charge is 0.241 e. The average molecular weight is 249 g/mol. The van der Waals surface area contributed by atoms with Gasteiger partial charge in [0.15, 0.2) is 0 Å². The van der Waals surface area contributed by atoms with Crippen LogP contribution in [0.25, 0.3) is 0 Å². The molecule has 0 aliphatic carbocycles. The molecule has 2 aromatic rings. The minimum absolute atomic E-state index is 0.0527. The number of imidazole rings is 1. The molecular formula is C13H13ClN2O. The Hall–Kier alpha value is -1.61. The number of rotatable bonds is 2. The Morgan fingerprint density at radius 1 is 1.35 bits per heavy atom. The summed E-state index contributed by atoms with van der Waals surface area (Å²) in [6, 6.07) is 7.39. The number of carbonyl (C=O) groups is 1. The number of nitrogens with zero attached hydrogens (tertiary/aromatic N) is 2. The van der Waals surface area contributed by atoms with E-state index in [2.05, 4.69) is 4.98 Å². The SMILES string of the molecule is CC(C)(C(=O)n1ccnc1)c1ccccc1Cl. The molecule has 0 unspecified atom stereocenters. The third kappa shape index (κ3) is 2.11. The van der Waals surface area contributed by atoms with E-state index >= 15 is 0 Å². The Morgan fingerprint density at radius 2 is 2.06 bits per heavy atom.